The zero-order valence-corrected chi connectivity index (χ0v) is 13.0. The summed E-state index contributed by atoms with van der Waals surface area (Å²) in [5.41, 5.74) is -0.711. The number of esters is 1. The van der Waals surface area contributed by atoms with Crippen LogP contribution in [0, 0.1) is 0 Å². The number of nitrogens with one attached hydrogen (secondary N) is 1. The molecule has 1 fully saturated rings. The molecular weight excluding hydrogens is 280 g/mol. The van der Waals surface area contributed by atoms with E-state index in [4.69, 9.17) is 9.47 Å². The van der Waals surface area contributed by atoms with E-state index in [1.807, 2.05) is 0 Å². The van der Waals surface area contributed by atoms with E-state index in [2.05, 4.69) is 10.1 Å². The molecule has 0 saturated carbocycles. The van der Waals surface area contributed by atoms with Gasteiger partial charge >= 0.3 is 18.2 Å². The lowest BCUT2D eigenvalue weighted by molar-refractivity contribution is -0.142. The van der Waals surface area contributed by atoms with Crippen molar-refractivity contribution in [3.8, 4) is 0 Å². The Balaban J connectivity index is 2.63. The summed E-state index contributed by atoms with van der Waals surface area (Å²) in [5.74, 6) is -0.427. The molecule has 1 aliphatic rings. The van der Waals surface area contributed by atoms with Crippen LogP contribution >= 0.6 is 0 Å². The molecule has 8 nitrogen and oxygen atoms in total. The van der Waals surface area contributed by atoms with Gasteiger partial charge in [-0.1, -0.05) is 0 Å². The molecule has 0 spiro atoms. The maximum Gasteiger partial charge on any atom is 0.420 e. The summed E-state index contributed by atoms with van der Waals surface area (Å²) < 4.78 is 14.6. The van der Waals surface area contributed by atoms with Crippen LogP contribution in [0.2, 0.25) is 0 Å². The molecule has 0 aromatic carbocycles. The van der Waals surface area contributed by atoms with E-state index in [-0.39, 0.29) is 13.2 Å². The first-order valence-electron chi connectivity index (χ1n) is 6.66. The Bertz CT molecular complexity index is 417. The van der Waals surface area contributed by atoms with Crippen molar-refractivity contribution in [2.24, 2.45) is 0 Å². The number of carbonyl (C=O) groups is 3. The highest BCUT2D eigenvalue weighted by Crippen LogP contribution is 2.17. The summed E-state index contributed by atoms with van der Waals surface area (Å²) in [5, 5.41) is 2.89. The second-order valence-electron chi connectivity index (χ2n) is 5.73. The van der Waals surface area contributed by atoms with E-state index < -0.39 is 35.8 Å². The summed E-state index contributed by atoms with van der Waals surface area (Å²) in [6, 6.07) is -1.08. The standard InChI is InChI=1S/C13H22N2O6/c1-8(10(16)19-5)14-6-9-7-20-11(17)15(9)12(18)21-13(2,3)4/h8-9,14H,6-7H2,1-5H3/t8-,9-/m0/s1. The SMILES string of the molecule is COC(=O)[C@H](C)NC[C@H]1COC(=O)N1C(=O)OC(C)(C)C. The van der Waals surface area contributed by atoms with Gasteiger partial charge in [-0.25, -0.2) is 14.5 Å². The van der Waals surface area contributed by atoms with Gasteiger partial charge in [-0.05, 0) is 27.7 Å². The van der Waals surface area contributed by atoms with Crippen molar-refractivity contribution in [1.29, 1.82) is 0 Å². The number of hydrogen-bond acceptors (Lipinski definition) is 7. The number of carbonyl (C=O) groups excluding carboxylic acids is 3. The highest BCUT2D eigenvalue weighted by atomic mass is 16.6. The molecule has 1 aliphatic heterocycles. The lowest BCUT2D eigenvalue weighted by Crippen LogP contribution is -2.49. The molecule has 1 heterocycles. The number of methoxy groups -OCH3 is 1. The summed E-state index contributed by atoms with van der Waals surface area (Å²) in [6.45, 7) is 7.01. The van der Waals surface area contributed by atoms with Crippen molar-refractivity contribution in [3.05, 3.63) is 0 Å². The average Bonchev–Trinajstić information content (AvgIpc) is 2.74. The quantitative estimate of drug-likeness (QED) is 0.609. The predicted octanol–water partition coefficient (Wildman–Crippen LogP) is 0.893. The molecule has 1 rings (SSSR count). The molecular formula is C13H22N2O6. The van der Waals surface area contributed by atoms with Crippen LogP contribution < -0.4 is 5.32 Å². The fourth-order valence-corrected chi connectivity index (χ4v) is 1.72. The van der Waals surface area contributed by atoms with Crippen LogP contribution in [-0.4, -0.2) is 61.0 Å². The minimum Gasteiger partial charge on any atom is -0.468 e. The molecule has 1 N–H and O–H groups in total. The zero-order valence-electron chi connectivity index (χ0n) is 13.0. The molecule has 0 bridgehead atoms. The third-order valence-electron chi connectivity index (χ3n) is 2.77. The van der Waals surface area contributed by atoms with Gasteiger partial charge in [-0.2, -0.15) is 0 Å². The monoisotopic (exact) mass is 302 g/mol. The van der Waals surface area contributed by atoms with E-state index in [1.54, 1.807) is 27.7 Å². The highest BCUT2D eigenvalue weighted by Gasteiger charge is 2.40. The Morgan fingerprint density at radius 1 is 1.48 bits per heavy atom. The Morgan fingerprint density at radius 3 is 2.62 bits per heavy atom. The van der Waals surface area contributed by atoms with Crippen LogP contribution in [0.1, 0.15) is 27.7 Å². The number of cyclic esters (lactones) is 1. The molecule has 1 saturated heterocycles. The van der Waals surface area contributed by atoms with Crippen molar-refractivity contribution in [2.75, 3.05) is 20.3 Å². The summed E-state index contributed by atoms with van der Waals surface area (Å²) in [7, 11) is 1.29. The number of rotatable bonds is 4. The molecule has 8 heteroatoms. The number of nitrogens with zero attached hydrogens (tertiary/aromatic N) is 1. The fraction of sp³-hybridized carbons (Fsp3) is 0.769. The van der Waals surface area contributed by atoms with Gasteiger partial charge in [0, 0.05) is 6.54 Å². The number of ether oxygens (including phenoxy) is 3. The second-order valence-corrected chi connectivity index (χ2v) is 5.73. The summed E-state index contributed by atoms with van der Waals surface area (Å²) in [4.78, 5) is 35.8. The first-order valence-corrected chi connectivity index (χ1v) is 6.66. The maximum absolute atomic E-state index is 12.0. The van der Waals surface area contributed by atoms with Gasteiger partial charge in [0.1, 0.15) is 18.2 Å². The fourth-order valence-electron chi connectivity index (χ4n) is 1.72. The number of hydrogen-bond donors (Lipinski definition) is 1. The van der Waals surface area contributed by atoms with Gasteiger partial charge in [-0.3, -0.25) is 4.79 Å². The van der Waals surface area contributed by atoms with Crippen molar-refractivity contribution in [2.45, 2.75) is 45.4 Å². The molecule has 0 unspecified atom stereocenters. The van der Waals surface area contributed by atoms with Gasteiger partial charge in [0.2, 0.25) is 0 Å². The van der Waals surface area contributed by atoms with Gasteiger partial charge in [0.15, 0.2) is 0 Å². The predicted molar refractivity (Wildman–Crippen MR) is 72.7 cm³/mol. The van der Waals surface area contributed by atoms with Crippen LogP contribution in [0.15, 0.2) is 0 Å². The zero-order chi connectivity index (χ0) is 16.2. The Hall–Kier alpha value is -1.83. The third-order valence-corrected chi connectivity index (χ3v) is 2.77. The average molecular weight is 302 g/mol. The number of imide groups is 1. The van der Waals surface area contributed by atoms with Crippen molar-refractivity contribution < 1.29 is 28.6 Å². The van der Waals surface area contributed by atoms with Gasteiger partial charge < -0.3 is 19.5 Å². The Kier molecular flexibility index (Phi) is 5.54. The smallest absolute Gasteiger partial charge is 0.420 e. The van der Waals surface area contributed by atoms with Crippen LogP contribution in [0.3, 0.4) is 0 Å². The topological polar surface area (TPSA) is 94.2 Å². The third kappa shape index (κ3) is 4.89. The molecule has 0 aliphatic carbocycles. The summed E-state index contributed by atoms with van der Waals surface area (Å²) in [6.07, 6.45) is -1.51. The van der Waals surface area contributed by atoms with Gasteiger partial charge in [0.25, 0.3) is 0 Å². The Morgan fingerprint density at radius 2 is 2.10 bits per heavy atom. The lowest BCUT2D eigenvalue weighted by Gasteiger charge is -2.25. The van der Waals surface area contributed by atoms with E-state index in [9.17, 15) is 14.4 Å². The molecule has 0 radical (unpaired) electrons. The maximum atomic E-state index is 12.0. The van der Waals surface area contributed by atoms with Gasteiger partial charge in [-0.15, -0.1) is 0 Å². The van der Waals surface area contributed by atoms with Crippen LogP contribution in [0.4, 0.5) is 9.59 Å². The largest absolute Gasteiger partial charge is 0.468 e. The van der Waals surface area contributed by atoms with Crippen LogP contribution in [0.25, 0.3) is 0 Å². The normalized spacial score (nSPS) is 20.0. The molecule has 2 amide bonds. The summed E-state index contributed by atoms with van der Waals surface area (Å²) >= 11 is 0. The second kappa shape index (κ2) is 6.75. The van der Waals surface area contributed by atoms with Crippen LogP contribution in [-0.2, 0) is 19.0 Å². The van der Waals surface area contributed by atoms with E-state index >= 15 is 0 Å². The highest BCUT2D eigenvalue weighted by molar-refractivity contribution is 5.89. The van der Waals surface area contributed by atoms with Crippen molar-refractivity contribution in [3.63, 3.8) is 0 Å². The molecule has 21 heavy (non-hydrogen) atoms. The van der Waals surface area contributed by atoms with E-state index in [0.717, 1.165) is 4.90 Å². The first kappa shape index (κ1) is 17.2. The van der Waals surface area contributed by atoms with E-state index in [1.165, 1.54) is 7.11 Å². The molecule has 0 aromatic heterocycles. The number of amides is 2. The minimum absolute atomic E-state index is 0.0545. The lowest BCUT2D eigenvalue weighted by atomic mass is 10.2. The van der Waals surface area contributed by atoms with E-state index in [0.29, 0.717) is 0 Å². The Labute approximate surface area is 123 Å². The minimum atomic E-state index is -0.762. The molecule has 2 atom stereocenters. The first-order chi connectivity index (χ1) is 9.65. The van der Waals surface area contributed by atoms with Crippen LogP contribution in [0.5, 0.6) is 0 Å². The van der Waals surface area contributed by atoms with Crippen molar-refractivity contribution >= 4 is 18.2 Å². The molecule has 0 aromatic rings. The molecule has 120 valence electrons. The van der Waals surface area contributed by atoms with Gasteiger partial charge in [0.05, 0.1) is 13.2 Å². The van der Waals surface area contributed by atoms with Crippen molar-refractivity contribution in [1.82, 2.24) is 10.2 Å².